The van der Waals surface area contributed by atoms with Crippen LogP contribution in [-0.4, -0.2) is 21.5 Å². The van der Waals surface area contributed by atoms with Crippen LogP contribution in [0.15, 0.2) is 116 Å². The molecular weight excluding hydrogens is 955 g/mol. The van der Waals surface area contributed by atoms with Crippen LogP contribution >= 0.6 is 0 Å². The largest absolute Gasteiger partial charge is 4.00 e. The van der Waals surface area contributed by atoms with Crippen LogP contribution < -0.4 is 9.64 Å². The van der Waals surface area contributed by atoms with Crippen molar-refractivity contribution in [3.05, 3.63) is 170 Å². The van der Waals surface area contributed by atoms with Crippen molar-refractivity contribution in [2.75, 3.05) is 11.9 Å². The number of aryl methyl sites for hydroxylation is 2. The Hall–Kier alpha value is -4.61. The Morgan fingerprint density at radius 2 is 1.56 bits per heavy atom. The van der Waals surface area contributed by atoms with Gasteiger partial charge in [-0.1, -0.05) is 40.6 Å². The molecule has 0 fully saturated rings. The molecular formula is C41H29N4OPt2-3. The second-order valence-corrected chi connectivity index (χ2v) is 10.6. The summed E-state index contributed by atoms with van der Waals surface area (Å²) in [7, 11) is 1.98. The van der Waals surface area contributed by atoms with E-state index in [1.165, 1.54) is 16.7 Å². The van der Waals surface area contributed by atoms with Crippen molar-refractivity contribution < 1.29 is 46.9 Å². The van der Waals surface area contributed by atoms with Gasteiger partial charge in [0.1, 0.15) is 0 Å². The minimum atomic E-state index is 0. The quantitative estimate of drug-likeness (QED) is 0.124. The van der Waals surface area contributed by atoms with Crippen LogP contribution in [0.25, 0.3) is 33.5 Å². The molecule has 6 aromatic rings. The minimum absolute atomic E-state index is 0. The minimum Gasteiger partial charge on any atom is -0.669 e. The first kappa shape index (κ1) is 36.2. The third-order valence-corrected chi connectivity index (χ3v) is 7.27. The van der Waals surface area contributed by atoms with Crippen molar-refractivity contribution in [3.63, 3.8) is 0 Å². The smallest absolute Gasteiger partial charge is 0.669 e. The molecule has 2 aromatic heterocycles. The van der Waals surface area contributed by atoms with Gasteiger partial charge in [-0.05, 0) is 51.6 Å². The van der Waals surface area contributed by atoms with E-state index in [0.717, 1.165) is 22.4 Å². The van der Waals surface area contributed by atoms with E-state index in [2.05, 4.69) is 85.5 Å². The Morgan fingerprint density at radius 3 is 2.23 bits per heavy atom. The zero-order valence-corrected chi connectivity index (χ0v) is 30.9. The summed E-state index contributed by atoms with van der Waals surface area (Å²) < 4.78 is 7.64. The van der Waals surface area contributed by atoms with Gasteiger partial charge >= 0.3 is 21.1 Å². The van der Waals surface area contributed by atoms with Crippen molar-refractivity contribution in [2.45, 2.75) is 13.8 Å². The Bertz CT molecular complexity index is 1990. The molecule has 3 heterocycles. The maximum atomic E-state index is 6.57. The number of nitrogens with zero attached hydrogens (tertiary/aromatic N) is 4. The van der Waals surface area contributed by atoms with Gasteiger partial charge in [-0.2, -0.15) is 42.7 Å². The van der Waals surface area contributed by atoms with Crippen molar-refractivity contribution >= 4 is 5.69 Å². The van der Waals surface area contributed by atoms with E-state index in [1.54, 1.807) is 23.2 Å². The maximum Gasteiger partial charge on any atom is 4.00 e. The van der Waals surface area contributed by atoms with E-state index in [4.69, 9.17) is 11.2 Å². The Morgan fingerprint density at radius 1 is 0.812 bits per heavy atom. The van der Waals surface area contributed by atoms with Crippen LogP contribution in [0.5, 0.6) is 11.5 Å². The zero-order chi connectivity index (χ0) is 31.9. The number of pyridine rings is 1. The van der Waals surface area contributed by atoms with E-state index in [1.807, 2.05) is 90.5 Å². The first-order valence-electron chi connectivity index (χ1n) is 14.7. The number of ether oxygens (including phenoxy) is 1. The molecule has 0 saturated carbocycles. The van der Waals surface area contributed by atoms with Crippen LogP contribution in [0.2, 0.25) is 0 Å². The number of anilines is 1. The van der Waals surface area contributed by atoms with E-state index in [-0.39, 0.29) is 42.1 Å². The van der Waals surface area contributed by atoms with Gasteiger partial charge in [0.15, 0.2) is 0 Å². The predicted molar refractivity (Wildman–Crippen MR) is 181 cm³/mol. The van der Waals surface area contributed by atoms with Crippen LogP contribution in [0.4, 0.5) is 5.69 Å². The molecule has 0 aliphatic carbocycles. The number of hydrogen-bond donors (Lipinski definition) is 0. The third-order valence-electron chi connectivity index (χ3n) is 7.27. The monoisotopic (exact) mass is 983 g/mol. The number of aromatic nitrogens is 2. The Kier molecular flexibility index (Phi) is 12.8. The molecule has 0 unspecified atom stereocenters. The van der Waals surface area contributed by atoms with Gasteiger partial charge in [-0.3, -0.25) is 12.1 Å². The first-order chi connectivity index (χ1) is 22.5. The van der Waals surface area contributed by atoms with Crippen molar-refractivity contribution in [1.82, 2.24) is 14.5 Å². The van der Waals surface area contributed by atoms with Gasteiger partial charge in [-0.25, -0.2) is 23.2 Å². The van der Waals surface area contributed by atoms with Crippen LogP contribution in [-0.2, 0) is 42.1 Å². The van der Waals surface area contributed by atoms with Crippen molar-refractivity contribution in [3.8, 4) is 51.1 Å². The van der Waals surface area contributed by atoms with Crippen LogP contribution in [0.3, 0.4) is 0 Å². The Labute approximate surface area is 312 Å². The summed E-state index contributed by atoms with van der Waals surface area (Å²) in [5.41, 5.74) is 8.98. The summed E-state index contributed by atoms with van der Waals surface area (Å²) in [6.45, 7) is 6.25. The second kappa shape index (κ2) is 17.0. The summed E-state index contributed by atoms with van der Waals surface area (Å²) in [6.07, 6.45) is 15.8. The fourth-order valence-electron chi connectivity index (χ4n) is 5.04. The molecule has 7 heteroatoms. The molecule has 0 radical (unpaired) electrons. The topological polar surface area (TPSA) is 33.5 Å². The van der Waals surface area contributed by atoms with Gasteiger partial charge in [0, 0.05) is 39.2 Å². The molecule has 48 heavy (non-hydrogen) atoms. The van der Waals surface area contributed by atoms with E-state index < -0.39 is 0 Å². The van der Waals surface area contributed by atoms with Crippen molar-refractivity contribution in [1.29, 1.82) is 0 Å². The van der Waals surface area contributed by atoms with E-state index in [0.29, 0.717) is 22.8 Å². The fourth-order valence-corrected chi connectivity index (χ4v) is 5.04. The molecule has 7 rings (SSSR count). The molecule has 5 nitrogen and oxygen atoms in total. The van der Waals surface area contributed by atoms with Gasteiger partial charge in [0.05, 0.1) is 0 Å². The molecule has 0 N–H and O–H groups in total. The van der Waals surface area contributed by atoms with E-state index in [9.17, 15) is 0 Å². The maximum absolute atomic E-state index is 6.57. The molecule has 0 bridgehead atoms. The summed E-state index contributed by atoms with van der Waals surface area (Å²) in [5, 5.41) is 0. The predicted octanol–water partition coefficient (Wildman–Crippen LogP) is 8.71. The van der Waals surface area contributed by atoms with Gasteiger partial charge in [-0.15, -0.1) is 41.6 Å². The molecule has 242 valence electrons. The number of rotatable bonds is 6. The second-order valence-electron chi connectivity index (χ2n) is 10.6. The fraction of sp³-hybridized carbons (Fsp3) is 0.0732. The summed E-state index contributed by atoms with van der Waals surface area (Å²) in [5.74, 6) is 1.15. The summed E-state index contributed by atoms with van der Waals surface area (Å²) >= 11 is 0. The summed E-state index contributed by atoms with van der Waals surface area (Å²) in [4.78, 5) is 8.49. The van der Waals surface area contributed by atoms with Crippen LogP contribution in [0.1, 0.15) is 11.1 Å². The average Bonchev–Trinajstić information content (AvgIpc) is 3.78. The molecule has 0 atom stereocenters. The first-order valence-corrected chi connectivity index (χ1v) is 14.7. The summed E-state index contributed by atoms with van der Waals surface area (Å²) in [6, 6.07) is 46.5. The van der Waals surface area contributed by atoms with Crippen LogP contribution in [0, 0.1) is 63.3 Å². The number of benzene rings is 4. The van der Waals surface area contributed by atoms with Gasteiger partial charge < -0.3 is 42.1 Å². The molecule has 0 amide bonds. The van der Waals surface area contributed by atoms with Crippen molar-refractivity contribution in [2.24, 2.45) is 0 Å². The molecule has 0 saturated heterocycles. The third kappa shape index (κ3) is 8.84. The van der Waals surface area contributed by atoms with Gasteiger partial charge in [0.25, 0.3) is 0 Å². The molecule has 1 aliphatic rings. The molecule has 0 spiro atoms. The SMILES string of the molecule is Cc1cccc(C)c1-c1c[c-]c(-c2[c-]c(-c3[c-]ccc(Oc4[c-]c(N5C=CN(C)[CH-]5)ccc4)[c-]3)ncc2)cc1.[C-]#Cn1cccc1.[Pt+4].[Pt]. The van der Waals surface area contributed by atoms with Gasteiger partial charge in [0.2, 0.25) is 0 Å². The average molecular weight is 984 g/mol. The zero-order valence-electron chi connectivity index (χ0n) is 26.4. The normalized spacial score (nSPS) is 11.5. The standard InChI is InChI=1S/C35H25N3O.C6H4N.2Pt/c1-25-7-4-8-26(2)35(25)28-15-13-27(14-16-28)29-17-18-36-34(22-29)30-9-5-11-32(21-30)39-33-12-6-10-31(23-33)38-20-19-37(3)24-38;1-2-7-5-3-4-6-7;;/h4-8,10-13,15-20,24H,1-3H3;3-6H;;/q-6;-1;;+4. The molecule has 1 aliphatic heterocycles. The van der Waals surface area contributed by atoms with E-state index >= 15 is 0 Å². The Balaban J connectivity index is 0.000000516. The molecule has 4 aromatic carbocycles. The number of hydrogen-bond acceptors (Lipinski definition) is 4.